The number of nitrogens with zero attached hydrogens (tertiary/aromatic N) is 3. The number of methoxy groups -OCH3 is 1. The molecule has 0 radical (unpaired) electrons. The Kier molecular flexibility index (Phi) is 3.62. The third-order valence-electron chi connectivity index (χ3n) is 2.37. The van der Waals surface area contributed by atoms with E-state index in [1.165, 1.54) is 6.33 Å². The number of anilines is 1. The number of benzene rings is 1. The van der Waals surface area contributed by atoms with Crippen LogP contribution in [0.15, 0.2) is 36.7 Å². The molecule has 0 atom stereocenters. The van der Waals surface area contributed by atoms with E-state index in [1.807, 2.05) is 43.3 Å². The minimum Gasteiger partial charge on any atom is -0.497 e. The lowest BCUT2D eigenvalue weighted by molar-refractivity contribution is 0.412. The lowest BCUT2D eigenvalue weighted by Gasteiger charge is -2.11. The summed E-state index contributed by atoms with van der Waals surface area (Å²) in [5.41, 5.74) is 0. The molecule has 1 heterocycles. The summed E-state index contributed by atoms with van der Waals surface area (Å²) in [5, 5.41) is 0. The van der Waals surface area contributed by atoms with Crippen LogP contribution in [0.25, 0.3) is 0 Å². The van der Waals surface area contributed by atoms with Gasteiger partial charge in [0.1, 0.15) is 23.6 Å². The zero-order valence-electron chi connectivity index (χ0n) is 10.6. The van der Waals surface area contributed by atoms with Crippen LogP contribution in [0.1, 0.15) is 0 Å². The third kappa shape index (κ3) is 2.88. The van der Waals surface area contributed by atoms with Crippen molar-refractivity contribution in [3.8, 4) is 17.4 Å². The van der Waals surface area contributed by atoms with Gasteiger partial charge >= 0.3 is 0 Å². The maximum atomic E-state index is 5.64. The second kappa shape index (κ2) is 5.35. The second-order valence-electron chi connectivity index (χ2n) is 3.89. The SMILES string of the molecule is COc1ccc(Oc2cc(N(C)C)ncn2)cc1. The topological polar surface area (TPSA) is 47.5 Å². The highest BCUT2D eigenvalue weighted by Gasteiger charge is 2.03. The fourth-order valence-electron chi connectivity index (χ4n) is 1.39. The van der Waals surface area contributed by atoms with E-state index in [2.05, 4.69) is 9.97 Å². The molecule has 0 fully saturated rings. The first kappa shape index (κ1) is 12.2. The van der Waals surface area contributed by atoms with E-state index in [0.717, 1.165) is 11.6 Å². The van der Waals surface area contributed by atoms with Gasteiger partial charge in [-0.1, -0.05) is 0 Å². The Balaban J connectivity index is 2.15. The lowest BCUT2D eigenvalue weighted by atomic mass is 10.3. The average molecular weight is 245 g/mol. The highest BCUT2D eigenvalue weighted by molar-refractivity contribution is 5.40. The van der Waals surface area contributed by atoms with E-state index >= 15 is 0 Å². The number of hydrogen-bond acceptors (Lipinski definition) is 5. The van der Waals surface area contributed by atoms with E-state index in [0.29, 0.717) is 11.6 Å². The van der Waals surface area contributed by atoms with E-state index in [1.54, 1.807) is 13.2 Å². The van der Waals surface area contributed by atoms with Gasteiger partial charge < -0.3 is 14.4 Å². The molecule has 2 rings (SSSR count). The van der Waals surface area contributed by atoms with E-state index in [-0.39, 0.29) is 0 Å². The predicted octanol–water partition coefficient (Wildman–Crippen LogP) is 2.34. The molecule has 0 spiro atoms. The number of ether oxygens (including phenoxy) is 2. The van der Waals surface area contributed by atoms with Crippen LogP contribution in [0.3, 0.4) is 0 Å². The molecule has 0 aliphatic rings. The van der Waals surface area contributed by atoms with Crippen LogP contribution in [-0.2, 0) is 0 Å². The lowest BCUT2D eigenvalue weighted by Crippen LogP contribution is -2.10. The van der Waals surface area contributed by atoms with Gasteiger partial charge in [0.25, 0.3) is 0 Å². The summed E-state index contributed by atoms with van der Waals surface area (Å²) in [5.74, 6) is 2.81. The van der Waals surface area contributed by atoms with Gasteiger partial charge in [-0.2, -0.15) is 0 Å². The molecule has 5 nitrogen and oxygen atoms in total. The number of hydrogen-bond donors (Lipinski definition) is 0. The maximum absolute atomic E-state index is 5.64. The summed E-state index contributed by atoms with van der Waals surface area (Å²) < 4.78 is 10.7. The third-order valence-corrected chi connectivity index (χ3v) is 2.37. The minimum absolute atomic E-state index is 0.513. The summed E-state index contributed by atoms with van der Waals surface area (Å²) in [4.78, 5) is 10.1. The summed E-state index contributed by atoms with van der Waals surface area (Å²) in [6.45, 7) is 0. The fourth-order valence-corrected chi connectivity index (χ4v) is 1.39. The number of aromatic nitrogens is 2. The van der Waals surface area contributed by atoms with Crippen LogP contribution in [0, 0.1) is 0 Å². The predicted molar refractivity (Wildman–Crippen MR) is 69.4 cm³/mol. The van der Waals surface area contributed by atoms with Crippen LogP contribution < -0.4 is 14.4 Å². The molecule has 0 bridgehead atoms. The first-order valence-electron chi connectivity index (χ1n) is 5.50. The molecular formula is C13H15N3O2. The fraction of sp³-hybridized carbons (Fsp3) is 0.231. The summed E-state index contributed by atoms with van der Waals surface area (Å²) in [7, 11) is 5.46. The monoisotopic (exact) mass is 245 g/mol. The summed E-state index contributed by atoms with van der Waals surface area (Å²) in [6, 6.07) is 9.11. The molecular weight excluding hydrogens is 230 g/mol. The van der Waals surface area contributed by atoms with Gasteiger partial charge in [-0.3, -0.25) is 0 Å². The van der Waals surface area contributed by atoms with Crippen molar-refractivity contribution in [2.75, 3.05) is 26.1 Å². The normalized spacial score (nSPS) is 9.94. The van der Waals surface area contributed by atoms with Gasteiger partial charge in [0.15, 0.2) is 0 Å². The van der Waals surface area contributed by atoms with Crippen molar-refractivity contribution in [3.63, 3.8) is 0 Å². The summed E-state index contributed by atoms with van der Waals surface area (Å²) >= 11 is 0. The summed E-state index contributed by atoms with van der Waals surface area (Å²) in [6.07, 6.45) is 1.48. The Labute approximate surface area is 106 Å². The van der Waals surface area contributed by atoms with Gasteiger partial charge in [-0.15, -0.1) is 0 Å². The molecule has 5 heteroatoms. The van der Waals surface area contributed by atoms with Crippen LogP contribution in [-0.4, -0.2) is 31.2 Å². The van der Waals surface area contributed by atoms with Crippen molar-refractivity contribution in [2.24, 2.45) is 0 Å². The molecule has 0 saturated heterocycles. The van der Waals surface area contributed by atoms with Crippen LogP contribution in [0.2, 0.25) is 0 Å². The van der Waals surface area contributed by atoms with Crippen molar-refractivity contribution in [2.45, 2.75) is 0 Å². The molecule has 0 aliphatic carbocycles. The van der Waals surface area contributed by atoms with Gasteiger partial charge in [-0.05, 0) is 24.3 Å². The molecule has 1 aromatic carbocycles. The zero-order valence-corrected chi connectivity index (χ0v) is 10.6. The minimum atomic E-state index is 0.513. The first-order chi connectivity index (χ1) is 8.69. The molecule has 0 aliphatic heterocycles. The highest BCUT2D eigenvalue weighted by Crippen LogP contribution is 2.23. The molecule has 2 aromatic rings. The van der Waals surface area contributed by atoms with Crippen LogP contribution in [0.4, 0.5) is 5.82 Å². The Morgan fingerprint density at radius 2 is 1.67 bits per heavy atom. The molecule has 1 aromatic heterocycles. The molecule has 0 amide bonds. The van der Waals surface area contributed by atoms with E-state index in [4.69, 9.17) is 9.47 Å². The smallest absolute Gasteiger partial charge is 0.224 e. The largest absolute Gasteiger partial charge is 0.497 e. The van der Waals surface area contributed by atoms with E-state index < -0.39 is 0 Å². The maximum Gasteiger partial charge on any atom is 0.224 e. The van der Waals surface area contributed by atoms with Crippen LogP contribution in [0.5, 0.6) is 17.4 Å². The Morgan fingerprint density at radius 3 is 2.28 bits per heavy atom. The molecule has 18 heavy (non-hydrogen) atoms. The van der Waals surface area contributed by atoms with Crippen LogP contribution >= 0.6 is 0 Å². The van der Waals surface area contributed by atoms with Gasteiger partial charge in [0.05, 0.1) is 7.11 Å². The quantitative estimate of drug-likeness (QED) is 0.827. The zero-order chi connectivity index (χ0) is 13.0. The Morgan fingerprint density at radius 1 is 1.00 bits per heavy atom. The van der Waals surface area contributed by atoms with Gasteiger partial charge in [-0.25, -0.2) is 9.97 Å². The van der Waals surface area contributed by atoms with Gasteiger partial charge in [0.2, 0.25) is 5.88 Å². The molecule has 94 valence electrons. The molecule has 0 saturated carbocycles. The standard InChI is InChI=1S/C13H15N3O2/c1-16(2)12-8-13(15-9-14-12)18-11-6-4-10(17-3)5-7-11/h4-9H,1-3H3. The van der Waals surface area contributed by atoms with Crippen molar-refractivity contribution < 1.29 is 9.47 Å². The van der Waals surface area contributed by atoms with Crippen molar-refractivity contribution >= 4 is 5.82 Å². The second-order valence-corrected chi connectivity index (χ2v) is 3.89. The Bertz CT molecular complexity index is 512. The molecule has 0 N–H and O–H groups in total. The number of rotatable bonds is 4. The van der Waals surface area contributed by atoms with Crippen molar-refractivity contribution in [1.82, 2.24) is 9.97 Å². The van der Waals surface area contributed by atoms with E-state index in [9.17, 15) is 0 Å². The first-order valence-corrected chi connectivity index (χ1v) is 5.50. The van der Waals surface area contributed by atoms with Crippen molar-refractivity contribution in [3.05, 3.63) is 36.7 Å². The average Bonchev–Trinajstić information content (AvgIpc) is 2.40. The highest BCUT2D eigenvalue weighted by atomic mass is 16.5. The Hall–Kier alpha value is -2.30. The molecule has 0 unspecified atom stereocenters. The van der Waals surface area contributed by atoms with Gasteiger partial charge in [0, 0.05) is 20.2 Å². The van der Waals surface area contributed by atoms with Crippen molar-refractivity contribution in [1.29, 1.82) is 0 Å².